The highest BCUT2D eigenvalue weighted by Gasteiger charge is 2.27. The van der Waals surface area contributed by atoms with Gasteiger partial charge in [-0.25, -0.2) is 0 Å². The molecule has 0 heterocycles. The highest BCUT2D eigenvalue weighted by molar-refractivity contribution is 5.78. The molecule has 1 aromatic carbocycles. The van der Waals surface area contributed by atoms with Crippen LogP contribution in [0.15, 0.2) is 24.3 Å². The second kappa shape index (κ2) is 6.85. The molecule has 0 aromatic heterocycles. The molecule has 1 aromatic rings. The maximum absolute atomic E-state index is 11.8. The van der Waals surface area contributed by atoms with Crippen LogP contribution in [-0.4, -0.2) is 30.1 Å². The van der Waals surface area contributed by atoms with Crippen LogP contribution in [0.3, 0.4) is 0 Å². The van der Waals surface area contributed by atoms with Crippen molar-refractivity contribution in [3.63, 3.8) is 0 Å². The van der Waals surface area contributed by atoms with Gasteiger partial charge in [0, 0.05) is 18.7 Å². The molecule has 0 spiro atoms. The van der Waals surface area contributed by atoms with E-state index in [2.05, 4.69) is 5.32 Å². The lowest BCUT2D eigenvalue weighted by Crippen LogP contribution is -2.39. The third kappa shape index (κ3) is 6.14. The number of halogens is 3. The highest BCUT2D eigenvalue weighted by atomic mass is 19.4. The standard InChI is InChI=1S/C11H12F3N3O3/c12-11(13,14)7-16-10(18)6-15-5-8-2-1-3-9(4-8)17(19)20/h1-4,15H,5-7H2,(H,16,18). The fraction of sp³-hybridized carbons (Fsp3) is 0.364. The third-order valence-corrected chi connectivity index (χ3v) is 2.22. The summed E-state index contributed by atoms with van der Waals surface area (Å²) < 4.78 is 35.5. The molecule has 1 amide bonds. The summed E-state index contributed by atoms with van der Waals surface area (Å²) in [6, 6.07) is 5.73. The molecule has 1 rings (SSSR count). The zero-order chi connectivity index (χ0) is 15.2. The normalized spacial score (nSPS) is 11.2. The van der Waals surface area contributed by atoms with Gasteiger partial charge in [-0.3, -0.25) is 14.9 Å². The molecule has 2 N–H and O–H groups in total. The third-order valence-electron chi connectivity index (χ3n) is 2.22. The molecule has 20 heavy (non-hydrogen) atoms. The van der Waals surface area contributed by atoms with Crippen LogP contribution in [0.25, 0.3) is 0 Å². The number of nitrogens with one attached hydrogen (secondary N) is 2. The Bertz CT molecular complexity index is 491. The summed E-state index contributed by atoms with van der Waals surface area (Å²) in [4.78, 5) is 21.0. The van der Waals surface area contributed by atoms with E-state index in [1.165, 1.54) is 18.2 Å². The number of nitro groups is 1. The number of nitrogens with zero attached hydrogens (tertiary/aromatic N) is 1. The van der Waals surface area contributed by atoms with Gasteiger partial charge in [-0.1, -0.05) is 12.1 Å². The molecular formula is C11H12F3N3O3. The first-order valence-electron chi connectivity index (χ1n) is 5.55. The van der Waals surface area contributed by atoms with Gasteiger partial charge in [0.2, 0.25) is 5.91 Å². The summed E-state index contributed by atoms with van der Waals surface area (Å²) >= 11 is 0. The van der Waals surface area contributed by atoms with Crippen LogP contribution in [-0.2, 0) is 11.3 Å². The summed E-state index contributed by atoms with van der Waals surface area (Å²) in [6.45, 7) is -1.55. The molecule has 0 bridgehead atoms. The van der Waals surface area contributed by atoms with E-state index in [9.17, 15) is 28.1 Å². The van der Waals surface area contributed by atoms with Crippen molar-refractivity contribution in [3.05, 3.63) is 39.9 Å². The van der Waals surface area contributed by atoms with E-state index in [-0.39, 0.29) is 18.8 Å². The summed E-state index contributed by atoms with van der Waals surface area (Å²) in [7, 11) is 0. The van der Waals surface area contributed by atoms with Gasteiger partial charge in [0.1, 0.15) is 6.54 Å². The van der Waals surface area contributed by atoms with Gasteiger partial charge in [0.25, 0.3) is 5.69 Å². The van der Waals surface area contributed by atoms with Crippen molar-refractivity contribution in [2.45, 2.75) is 12.7 Å². The molecule has 110 valence electrons. The van der Waals surface area contributed by atoms with E-state index in [1.807, 2.05) is 0 Å². The summed E-state index contributed by atoms with van der Waals surface area (Å²) in [6.07, 6.45) is -4.45. The Kier molecular flexibility index (Phi) is 5.44. The van der Waals surface area contributed by atoms with Crippen molar-refractivity contribution in [1.29, 1.82) is 0 Å². The predicted molar refractivity (Wildman–Crippen MR) is 63.9 cm³/mol. The second-order valence-corrected chi connectivity index (χ2v) is 3.92. The average Bonchev–Trinajstić information content (AvgIpc) is 2.36. The molecule has 0 aliphatic carbocycles. The van der Waals surface area contributed by atoms with E-state index in [0.717, 1.165) is 0 Å². The molecule has 0 aliphatic heterocycles. The lowest BCUT2D eigenvalue weighted by Gasteiger charge is -2.09. The number of non-ortho nitro benzene ring substituents is 1. The number of carbonyl (C=O) groups excluding carboxylic acids is 1. The number of benzene rings is 1. The zero-order valence-electron chi connectivity index (χ0n) is 10.2. The van der Waals surface area contributed by atoms with Crippen LogP contribution in [0.5, 0.6) is 0 Å². The fourth-order valence-corrected chi connectivity index (χ4v) is 1.36. The van der Waals surface area contributed by atoms with Crippen molar-refractivity contribution in [3.8, 4) is 0 Å². The molecule has 0 unspecified atom stereocenters. The van der Waals surface area contributed by atoms with E-state index in [1.54, 1.807) is 11.4 Å². The van der Waals surface area contributed by atoms with Crippen molar-refractivity contribution in [2.24, 2.45) is 0 Å². The first-order valence-corrected chi connectivity index (χ1v) is 5.55. The minimum atomic E-state index is -4.45. The monoisotopic (exact) mass is 291 g/mol. The van der Waals surface area contributed by atoms with Crippen molar-refractivity contribution in [2.75, 3.05) is 13.1 Å². The smallest absolute Gasteiger partial charge is 0.346 e. The number of amides is 1. The zero-order valence-corrected chi connectivity index (χ0v) is 10.2. The summed E-state index contributed by atoms with van der Waals surface area (Å²) in [5, 5.41) is 14.8. The molecule has 0 radical (unpaired) electrons. The van der Waals surface area contributed by atoms with Crippen LogP contribution < -0.4 is 10.6 Å². The van der Waals surface area contributed by atoms with Gasteiger partial charge < -0.3 is 10.6 Å². The number of carbonyl (C=O) groups is 1. The lowest BCUT2D eigenvalue weighted by molar-refractivity contribution is -0.384. The average molecular weight is 291 g/mol. The van der Waals surface area contributed by atoms with Crippen LogP contribution >= 0.6 is 0 Å². The number of nitro benzene ring substituents is 1. The SMILES string of the molecule is O=C(CNCc1cccc([N+](=O)[O-])c1)NCC(F)(F)F. The van der Waals surface area contributed by atoms with E-state index in [4.69, 9.17) is 0 Å². The summed E-state index contributed by atoms with van der Waals surface area (Å²) in [5.74, 6) is -0.798. The Hall–Kier alpha value is -2.16. The number of hydrogen-bond donors (Lipinski definition) is 2. The van der Waals surface area contributed by atoms with E-state index < -0.39 is 23.6 Å². The van der Waals surface area contributed by atoms with Crippen LogP contribution in [0, 0.1) is 10.1 Å². The van der Waals surface area contributed by atoms with Crippen molar-refractivity contribution in [1.82, 2.24) is 10.6 Å². The molecule has 0 saturated carbocycles. The molecule has 0 atom stereocenters. The quantitative estimate of drug-likeness (QED) is 0.612. The number of alkyl halides is 3. The van der Waals surface area contributed by atoms with Gasteiger partial charge in [0.05, 0.1) is 11.5 Å². The maximum Gasteiger partial charge on any atom is 0.405 e. The Morgan fingerprint density at radius 2 is 2.05 bits per heavy atom. The predicted octanol–water partition coefficient (Wildman–Crippen LogP) is 1.36. The van der Waals surface area contributed by atoms with Crippen molar-refractivity contribution < 1.29 is 22.9 Å². The van der Waals surface area contributed by atoms with Gasteiger partial charge in [-0.15, -0.1) is 0 Å². The molecule has 0 saturated heterocycles. The Labute approximate surface area is 112 Å². The number of hydrogen-bond acceptors (Lipinski definition) is 4. The van der Waals surface area contributed by atoms with Gasteiger partial charge in [0.15, 0.2) is 0 Å². The molecule has 0 fully saturated rings. The maximum atomic E-state index is 11.8. The summed E-state index contributed by atoms with van der Waals surface area (Å²) in [5.41, 5.74) is 0.466. The molecular weight excluding hydrogens is 279 g/mol. The van der Waals surface area contributed by atoms with E-state index >= 15 is 0 Å². The van der Waals surface area contributed by atoms with Crippen LogP contribution in [0.4, 0.5) is 18.9 Å². The number of rotatable bonds is 6. The van der Waals surface area contributed by atoms with E-state index in [0.29, 0.717) is 5.56 Å². The Morgan fingerprint density at radius 1 is 1.35 bits per heavy atom. The molecule has 0 aliphatic rings. The minimum absolute atomic E-state index is 0.0918. The second-order valence-electron chi connectivity index (χ2n) is 3.92. The molecule has 6 nitrogen and oxygen atoms in total. The van der Waals surface area contributed by atoms with Gasteiger partial charge >= 0.3 is 6.18 Å². The Balaban J connectivity index is 2.35. The van der Waals surface area contributed by atoms with Crippen molar-refractivity contribution >= 4 is 11.6 Å². The largest absolute Gasteiger partial charge is 0.405 e. The van der Waals surface area contributed by atoms with Crippen LogP contribution in [0.2, 0.25) is 0 Å². The first kappa shape index (κ1) is 15.9. The Morgan fingerprint density at radius 3 is 2.65 bits per heavy atom. The van der Waals surface area contributed by atoms with Gasteiger partial charge in [-0.2, -0.15) is 13.2 Å². The fourth-order valence-electron chi connectivity index (χ4n) is 1.36. The van der Waals surface area contributed by atoms with Crippen LogP contribution in [0.1, 0.15) is 5.56 Å². The minimum Gasteiger partial charge on any atom is -0.346 e. The lowest BCUT2D eigenvalue weighted by atomic mass is 10.2. The topological polar surface area (TPSA) is 84.3 Å². The van der Waals surface area contributed by atoms with Gasteiger partial charge in [-0.05, 0) is 5.56 Å². The highest BCUT2D eigenvalue weighted by Crippen LogP contribution is 2.13. The molecule has 9 heteroatoms. The first-order chi connectivity index (χ1) is 9.28.